The molecule has 2 rings (SSSR count). The molecule has 80 valence electrons. The average Bonchev–Trinajstić information content (AvgIpc) is 2.70. The summed E-state index contributed by atoms with van der Waals surface area (Å²) in [5, 5.41) is 8.94. The van der Waals surface area contributed by atoms with Gasteiger partial charge in [-0.1, -0.05) is 0 Å². The number of aryl methyl sites for hydroxylation is 1. The van der Waals surface area contributed by atoms with Crippen molar-refractivity contribution >= 4 is 0 Å². The smallest absolute Gasteiger partial charge is 0.166 e. The minimum Gasteiger partial charge on any atom is -0.497 e. The van der Waals surface area contributed by atoms with E-state index in [4.69, 9.17) is 10.00 Å². The van der Waals surface area contributed by atoms with Gasteiger partial charge in [-0.25, -0.2) is 4.98 Å². The third kappa shape index (κ3) is 1.63. The van der Waals surface area contributed by atoms with E-state index in [1.165, 1.54) is 0 Å². The summed E-state index contributed by atoms with van der Waals surface area (Å²) in [5.74, 6) is 0.796. The molecule has 1 aromatic heterocycles. The topological polar surface area (TPSA) is 50.8 Å². The molecular weight excluding hydrogens is 202 g/mol. The molecule has 0 aliphatic carbocycles. The molecule has 0 amide bonds. The van der Waals surface area contributed by atoms with Gasteiger partial charge in [-0.15, -0.1) is 0 Å². The number of nitriles is 1. The Morgan fingerprint density at radius 1 is 1.31 bits per heavy atom. The van der Waals surface area contributed by atoms with Crippen LogP contribution in [0.1, 0.15) is 5.69 Å². The zero-order chi connectivity index (χ0) is 11.5. The highest BCUT2D eigenvalue weighted by Gasteiger charge is 2.10. The van der Waals surface area contributed by atoms with Crippen molar-refractivity contribution < 1.29 is 4.74 Å². The van der Waals surface area contributed by atoms with Crippen LogP contribution in [0.4, 0.5) is 0 Å². The quantitative estimate of drug-likeness (QED) is 0.766. The van der Waals surface area contributed by atoms with Crippen LogP contribution in [0.2, 0.25) is 0 Å². The second kappa shape index (κ2) is 4.07. The van der Waals surface area contributed by atoms with E-state index >= 15 is 0 Å². The third-order valence-electron chi connectivity index (χ3n) is 2.41. The first-order valence-electron chi connectivity index (χ1n) is 4.82. The molecular formula is C12H11N3O. The number of nitrogens with zero attached hydrogens (tertiary/aromatic N) is 3. The summed E-state index contributed by atoms with van der Waals surface area (Å²) in [6.45, 7) is 0. The van der Waals surface area contributed by atoms with E-state index in [0.717, 1.165) is 17.0 Å². The Kier molecular flexibility index (Phi) is 2.61. The molecule has 0 aliphatic heterocycles. The lowest BCUT2D eigenvalue weighted by Gasteiger charge is -2.04. The van der Waals surface area contributed by atoms with Gasteiger partial charge in [0.05, 0.1) is 19.1 Å². The molecule has 4 nitrogen and oxygen atoms in total. The Morgan fingerprint density at radius 3 is 2.56 bits per heavy atom. The fourth-order valence-corrected chi connectivity index (χ4v) is 1.60. The van der Waals surface area contributed by atoms with Crippen LogP contribution in [0.5, 0.6) is 5.75 Å². The number of benzene rings is 1. The van der Waals surface area contributed by atoms with Crippen LogP contribution in [-0.2, 0) is 7.05 Å². The lowest BCUT2D eigenvalue weighted by Crippen LogP contribution is -1.91. The summed E-state index contributed by atoms with van der Waals surface area (Å²) in [5.41, 5.74) is 2.22. The van der Waals surface area contributed by atoms with E-state index in [1.807, 2.05) is 35.9 Å². The highest BCUT2D eigenvalue weighted by Crippen LogP contribution is 2.24. The summed E-state index contributed by atoms with van der Waals surface area (Å²) in [7, 11) is 3.49. The number of hydrogen-bond donors (Lipinski definition) is 0. The van der Waals surface area contributed by atoms with Gasteiger partial charge in [-0.2, -0.15) is 5.26 Å². The van der Waals surface area contributed by atoms with Crippen LogP contribution in [0.25, 0.3) is 11.3 Å². The molecule has 0 N–H and O–H groups in total. The van der Waals surface area contributed by atoms with Crippen LogP contribution in [0.15, 0.2) is 30.6 Å². The lowest BCUT2D eigenvalue weighted by molar-refractivity contribution is 0.415. The standard InChI is InChI=1S/C12H11N3O/c1-15-8-14-11(7-13)12(15)9-3-5-10(16-2)6-4-9/h3-6,8H,1-2H3. The maximum atomic E-state index is 8.94. The fraction of sp³-hybridized carbons (Fsp3) is 0.167. The van der Waals surface area contributed by atoms with Gasteiger partial charge in [-0.3, -0.25) is 0 Å². The van der Waals surface area contributed by atoms with Crippen LogP contribution >= 0.6 is 0 Å². The Bertz CT molecular complexity index is 534. The highest BCUT2D eigenvalue weighted by molar-refractivity contribution is 5.66. The van der Waals surface area contributed by atoms with Gasteiger partial charge in [0.15, 0.2) is 5.69 Å². The van der Waals surface area contributed by atoms with Crippen LogP contribution in [0, 0.1) is 11.3 Å². The van der Waals surface area contributed by atoms with Gasteiger partial charge in [0.1, 0.15) is 11.8 Å². The normalized spacial score (nSPS) is 9.81. The van der Waals surface area contributed by atoms with Crippen LogP contribution in [0.3, 0.4) is 0 Å². The van der Waals surface area contributed by atoms with Gasteiger partial charge in [-0.05, 0) is 24.3 Å². The molecule has 0 radical (unpaired) electrons. The zero-order valence-electron chi connectivity index (χ0n) is 9.14. The van der Waals surface area contributed by atoms with Crippen molar-refractivity contribution in [1.29, 1.82) is 5.26 Å². The minimum atomic E-state index is 0.438. The first kappa shape index (κ1) is 10.2. The molecule has 0 atom stereocenters. The molecule has 0 aliphatic rings. The molecule has 0 saturated carbocycles. The summed E-state index contributed by atoms with van der Waals surface area (Å²) in [6.07, 6.45) is 1.64. The van der Waals surface area contributed by atoms with Crippen molar-refractivity contribution in [2.75, 3.05) is 7.11 Å². The SMILES string of the molecule is COc1ccc(-c2c(C#N)ncn2C)cc1. The second-order valence-electron chi connectivity index (χ2n) is 3.39. The van der Waals surface area contributed by atoms with Gasteiger partial charge in [0, 0.05) is 12.6 Å². The molecule has 0 bridgehead atoms. The summed E-state index contributed by atoms with van der Waals surface area (Å²) in [6, 6.07) is 9.64. The van der Waals surface area contributed by atoms with E-state index in [0.29, 0.717) is 5.69 Å². The molecule has 0 saturated heterocycles. The van der Waals surface area contributed by atoms with Gasteiger partial charge < -0.3 is 9.30 Å². The van der Waals surface area contributed by atoms with Crippen molar-refractivity contribution in [2.24, 2.45) is 7.05 Å². The first-order valence-corrected chi connectivity index (χ1v) is 4.82. The summed E-state index contributed by atoms with van der Waals surface area (Å²) >= 11 is 0. The van der Waals surface area contributed by atoms with E-state index in [-0.39, 0.29) is 0 Å². The minimum absolute atomic E-state index is 0.438. The van der Waals surface area contributed by atoms with Gasteiger partial charge in [0.2, 0.25) is 0 Å². The number of hydrogen-bond acceptors (Lipinski definition) is 3. The maximum absolute atomic E-state index is 8.94. The fourth-order valence-electron chi connectivity index (χ4n) is 1.60. The average molecular weight is 213 g/mol. The molecule has 0 spiro atoms. The zero-order valence-corrected chi connectivity index (χ0v) is 9.14. The molecule has 16 heavy (non-hydrogen) atoms. The van der Waals surface area contributed by atoms with Crippen molar-refractivity contribution in [3.05, 3.63) is 36.3 Å². The third-order valence-corrected chi connectivity index (χ3v) is 2.41. The van der Waals surface area contributed by atoms with Gasteiger partial charge in [0.25, 0.3) is 0 Å². The highest BCUT2D eigenvalue weighted by atomic mass is 16.5. The van der Waals surface area contributed by atoms with Gasteiger partial charge >= 0.3 is 0 Å². The molecule has 1 aromatic carbocycles. The van der Waals surface area contributed by atoms with Crippen LogP contribution in [-0.4, -0.2) is 16.7 Å². The number of ether oxygens (including phenoxy) is 1. The maximum Gasteiger partial charge on any atom is 0.166 e. The summed E-state index contributed by atoms with van der Waals surface area (Å²) in [4.78, 5) is 4.02. The predicted molar refractivity (Wildman–Crippen MR) is 59.9 cm³/mol. The largest absolute Gasteiger partial charge is 0.497 e. The number of rotatable bonds is 2. The molecule has 2 aromatic rings. The van der Waals surface area contributed by atoms with E-state index < -0.39 is 0 Å². The Balaban J connectivity index is 2.50. The number of aromatic nitrogens is 2. The van der Waals surface area contributed by atoms with Crippen molar-refractivity contribution in [3.63, 3.8) is 0 Å². The lowest BCUT2D eigenvalue weighted by atomic mass is 10.1. The van der Waals surface area contributed by atoms with Crippen LogP contribution < -0.4 is 4.74 Å². The second-order valence-corrected chi connectivity index (χ2v) is 3.39. The Labute approximate surface area is 93.7 Å². The first-order chi connectivity index (χ1) is 7.76. The number of methoxy groups -OCH3 is 1. The van der Waals surface area contributed by atoms with Crippen molar-refractivity contribution in [3.8, 4) is 23.1 Å². The molecule has 4 heteroatoms. The predicted octanol–water partition coefficient (Wildman–Crippen LogP) is 1.97. The van der Waals surface area contributed by atoms with E-state index in [2.05, 4.69) is 11.1 Å². The monoisotopic (exact) mass is 213 g/mol. The van der Waals surface area contributed by atoms with Crippen molar-refractivity contribution in [1.82, 2.24) is 9.55 Å². The molecule has 0 fully saturated rings. The summed E-state index contributed by atoms with van der Waals surface area (Å²) < 4.78 is 6.92. The molecule has 0 unspecified atom stereocenters. The Morgan fingerprint density at radius 2 is 2.00 bits per heavy atom. The van der Waals surface area contributed by atoms with Crippen molar-refractivity contribution in [2.45, 2.75) is 0 Å². The van der Waals surface area contributed by atoms with E-state index in [1.54, 1.807) is 13.4 Å². The van der Waals surface area contributed by atoms with E-state index in [9.17, 15) is 0 Å². The molecule has 1 heterocycles. The number of imidazole rings is 1. The Hall–Kier alpha value is -2.28.